The van der Waals surface area contributed by atoms with Crippen LogP contribution >= 0.6 is 12.2 Å². The third-order valence-electron chi connectivity index (χ3n) is 1.58. The molecule has 0 fully saturated rings. The molecule has 0 unspecified atom stereocenters. The topological polar surface area (TPSA) is 62.1 Å². The molecule has 0 aliphatic carbocycles. The fraction of sp³-hybridized carbons (Fsp3) is 0.125. The van der Waals surface area contributed by atoms with E-state index in [1.807, 2.05) is 31.2 Å². The van der Waals surface area contributed by atoms with Crippen LogP contribution in [0.15, 0.2) is 24.3 Å². The Hall–Kier alpha value is -1.17. The van der Waals surface area contributed by atoms with Crippen molar-refractivity contribution in [3.8, 4) is 0 Å². The van der Waals surface area contributed by atoms with Gasteiger partial charge < -0.3 is 5.32 Å². The quantitative estimate of drug-likeness (QED) is 0.318. The van der Waals surface area contributed by atoms with E-state index in [0.29, 0.717) is 5.11 Å². The number of para-hydroxylation sites is 1. The minimum Gasteiger partial charge on any atom is -0.331 e. The Kier molecular flexibility index (Phi) is 3.63. The fourth-order valence-electron chi connectivity index (χ4n) is 0.932. The smallest absolute Gasteiger partial charge is 0.186 e. The largest absolute Gasteiger partial charge is 0.331 e. The minimum absolute atomic E-state index is 0.441. The number of nitrogens with one attached hydrogen (secondary N) is 3. The van der Waals surface area contributed by atoms with Gasteiger partial charge in [-0.25, -0.2) is 0 Å². The standard InChI is InChI=1S/C8H12N4S/c1-6-4-2-3-5-7(6)10-8(13)11-12-9/h2-5,12H,9H2,1H3,(H2,10,11,13). The molecular formula is C8H12N4S. The summed E-state index contributed by atoms with van der Waals surface area (Å²) in [7, 11) is 0. The summed E-state index contributed by atoms with van der Waals surface area (Å²) >= 11 is 4.93. The first-order valence-electron chi connectivity index (χ1n) is 3.82. The molecule has 70 valence electrons. The van der Waals surface area contributed by atoms with Crippen LogP contribution in [-0.4, -0.2) is 5.11 Å². The lowest BCUT2D eigenvalue weighted by molar-refractivity contribution is 0.702. The van der Waals surface area contributed by atoms with E-state index in [1.54, 1.807) is 0 Å². The van der Waals surface area contributed by atoms with Crippen molar-refractivity contribution in [1.82, 2.24) is 11.0 Å². The zero-order chi connectivity index (χ0) is 9.68. The van der Waals surface area contributed by atoms with Crippen molar-refractivity contribution in [2.24, 2.45) is 5.84 Å². The van der Waals surface area contributed by atoms with Crippen molar-refractivity contribution in [2.75, 3.05) is 5.32 Å². The first-order valence-corrected chi connectivity index (χ1v) is 4.23. The molecule has 0 atom stereocenters. The molecular weight excluding hydrogens is 184 g/mol. The predicted octanol–water partition coefficient (Wildman–Crippen LogP) is 0.660. The van der Waals surface area contributed by atoms with Gasteiger partial charge >= 0.3 is 0 Å². The lowest BCUT2D eigenvalue weighted by Crippen LogP contribution is -2.44. The first kappa shape index (κ1) is 9.91. The van der Waals surface area contributed by atoms with Gasteiger partial charge in [-0.3, -0.25) is 11.3 Å². The lowest BCUT2D eigenvalue weighted by atomic mass is 10.2. The minimum atomic E-state index is 0.441. The molecule has 0 bridgehead atoms. The fourth-order valence-corrected chi connectivity index (χ4v) is 1.10. The molecule has 0 amide bonds. The van der Waals surface area contributed by atoms with Crippen molar-refractivity contribution in [2.45, 2.75) is 6.92 Å². The van der Waals surface area contributed by atoms with Gasteiger partial charge in [0.2, 0.25) is 0 Å². The second-order valence-electron chi connectivity index (χ2n) is 2.54. The van der Waals surface area contributed by atoms with Crippen molar-refractivity contribution in [3.63, 3.8) is 0 Å². The summed E-state index contributed by atoms with van der Waals surface area (Å²) in [5.74, 6) is 5.03. The summed E-state index contributed by atoms with van der Waals surface area (Å²) in [6, 6.07) is 7.85. The van der Waals surface area contributed by atoms with Crippen LogP contribution in [0.25, 0.3) is 0 Å². The van der Waals surface area contributed by atoms with Crippen LogP contribution in [0.3, 0.4) is 0 Å². The van der Waals surface area contributed by atoms with E-state index >= 15 is 0 Å². The van der Waals surface area contributed by atoms with Gasteiger partial charge in [0.1, 0.15) is 0 Å². The lowest BCUT2D eigenvalue weighted by Gasteiger charge is -2.10. The van der Waals surface area contributed by atoms with E-state index in [-0.39, 0.29) is 0 Å². The van der Waals surface area contributed by atoms with Gasteiger partial charge in [-0.05, 0) is 30.8 Å². The Balaban J connectivity index is 2.63. The highest BCUT2D eigenvalue weighted by atomic mass is 32.1. The molecule has 0 spiro atoms. The van der Waals surface area contributed by atoms with E-state index in [2.05, 4.69) is 16.3 Å². The number of benzene rings is 1. The summed E-state index contributed by atoms with van der Waals surface area (Å²) in [6.07, 6.45) is 0. The van der Waals surface area contributed by atoms with E-state index in [9.17, 15) is 0 Å². The van der Waals surface area contributed by atoms with E-state index in [1.165, 1.54) is 0 Å². The van der Waals surface area contributed by atoms with Crippen LogP contribution in [0.1, 0.15) is 5.56 Å². The van der Waals surface area contributed by atoms with Gasteiger partial charge in [-0.1, -0.05) is 18.2 Å². The monoisotopic (exact) mass is 196 g/mol. The van der Waals surface area contributed by atoms with Crippen molar-refractivity contribution >= 4 is 23.0 Å². The maximum Gasteiger partial charge on any atom is 0.186 e. The molecule has 5 heteroatoms. The van der Waals surface area contributed by atoms with Crippen molar-refractivity contribution in [1.29, 1.82) is 0 Å². The van der Waals surface area contributed by atoms with Crippen LogP contribution in [0.4, 0.5) is 5.69 Å². The molecule has 0 heterocycles. The average molecular weight is 196 g/mol. The number of hydrogen-bond acceptors (Lipinski definition) is 3. The Morgan fingerprint density at radius 2 is 2.08 bits per heavy atom. The van der Waals surface area contributed by atoms with Gasteiger partial charge in [0.25, 0.3) is 0 Å². The van der Waals surface area contributed by atoms with Gasteiger partial charge in [0.15, 0.2) is 5.11 Å². The maximum atomic E-state index is 5.03. The molecule has 0 aromatic heterocycles. The number of nitrogens with two attached hydrogens (primary N) is 1. The Labute approximate surface area is 82.4 Å². The Morgan fingerprint density at radius 3 is 2.69 bits per heavy atom. The highest BCUT2D eigenvalue weighted by Crippen LogP contribution is 2.12. The molecule has 0 aliphatic heterocycles. The second kappa shape index (κ2) is 4.76. The summed E-state index contributed by atoms with van der Waals surface area (Å²) in [6.45, 7) is 2.00. The van der Waals surface area contributed by atoms with Crippen molar-refractivity contribution < 1.29 is 0 Å². The number of thiocarbonyl (C=S) groups is 1. The molecule has 13 heavy (non-hydrogen) atoms. The van der Waals surface area contributed by atoms with Crippen LogP contribution in [0.2, 0.25) is 0 Å². The predicted molar refractivity (Wildman–Crippen MR) is 57.9 cm³/mol. The molecule has 1 aromatic carbocycles. The molecule has 1 rings (SSSR count). The number of aryl methyl sites for hydroxylation is 1. The van der Waals surface area contributed by atoms with E-state index in [4.69, 9.17) is 18.1 Å². The zero-order valence-electron chi connectivity index (χ0n) is 7.29. The molecule has 0 saturated heterocycles. The Bertz CT molecular complexity index is 300. The number of hydrazine groups is 2. The van der Waals surface area contributed by atoms with Gasteiger partial charge in [-0.15, -0.1) is 0 Å². The van der Waals surface area contributed by atoms with Crippen molar-refractivity contribution in [3.05, 3.63) is 29.8 Å². The number of rotatable bonds is 2. The van der Waals surface area contributed by atoms with Gasteiger partial charge in [-0.2, -0.15) is 5.53 Å². The summed E-state index contributed by atoms with van der Waals surface area (Å²) in [5.41, 5.74) is 6.92. The SMILES string of the molecule is Cc1ccccc1NC(=S)NNN. The summed E-state index contributed by atoms with van der Waals surface area (Å²) < 4.78 is 0. The van der Waals surface area contributed by atoms with Crippen LogP contribution in [0, 0.1) is 6.92 Å². The average Bonchev–Trinajstić information content (AvgIpc) is 2.09. The molecule has 5 N–H and O–H groups in total. The molecule has 4 nitrogen and oxygen atoms in total. The highest BCUT2D eigenvalue weighted by Gasteiger charge is 1.97. The second-order valence-corrected chi connectivity index (χ2v) is 2.95. The number of hydrogen-bond donors (Lipinski definition) is 4. The van der Waals surface area contributed by atoms with Gasteiger partial charge in [0.05, 0.1) is 0 Å². The third kappa shape index (κ3) is 2.98. The summed E-state index contributed by atoms with van der Waals surface area (Å²) in [4.78, 5) is 0. The van der Waals surface area contributed by atoms with Crippen LogP contribution in [-0.2, 0) is 0 Å². The third-order valence-corrected chi connectivity index (χ3v) is 1.78. The first-order chi connectivity index (χ1) is 6.24. The van der Waals surface area contributed by atoms with Gasteiger partial charge in [0, 0.05) is 5.69 Å². The normalized spacial score (nSPS) is 9.38. The van der Waals surface area contributed by atoms with E-state index < -0.39 is 0 Å². The van der Waals surface area contributed by atoms with E-state index in [0.717, 1.165) is 11.3 Å². The number of anilines is 1. The molecule has 0 radical (unpaired) electrons. The van der Waals surface area contributed by atoms with Crippen LogP contribution in [0.5, 0.6) is 0 Å². The highest BCUT2D eigenvalue weighted by molar-refractivity contribution is 7.80. The van der Waals surface area contributed by atoms with Crippen LogP contribution < -0.4 is 22.1 Å². The molecule has 0 saturated carbocycles. The zero-order valence-corrected chi connectivity index (χ0v) is 8.11. The molecule has 0 aliphatic rings. The maximum absolute atomic E-state index is 5.03. The summed E-state index contributed by atoms with van der Waals surface area (Å²) in [5, 5.41) is 3.43. The molecule has 1 aromatic rings. The Morgan fingerprint density at radius 1 is 1.38 bits per heavy atom.